The molecule has 1 amide bonds. The summed E-state index contributed by atoms with van der Waals surface area (Å²) in [6, 6.07) is 0. The van der Waals surface area contributed by atoms with Gasteiger partial charge in [-0.25, -0.2) is 9.86 Å². The number of hydrogen-bond donors (Lipinski definition) is 1. The lowest BCUT2D eigenvalue weighted by Gasteiger charge is -2.23. The largest absolute Gasteiger partial charge is 0.444 e. The zero-order valence-corrected chi connectivity index (χ0v) is 12.8. The molecule has 0 aliphatic heterocycles. The minimum atomic E-state index is -0.525. The summed E-state index contributed by atoms with van der Waals surface area (Å²) in [5, 5.41) is 4.14. The SMILES string of the molecule is CC/C=C\C/C=C(/NC(=O)OC(C)(C)C)N(C)OC. The Morgan fingerprint density at radius 1 is 1.32 bits per heavy atom. The Kier molecular flexibility index (Phi) is 7.91. The molecule has 0 aliphatic carbocycles. The Hall–Kier alpha value is -1.49. The fourth-order valence-electron chi connectivity index (χ4n) is 1.21. The van der Waals surface area contributed by atoms with Crippen LogP contribution in [0.1, 0.15) is 40.5 Å². The second kappa shape index (κ2) is 8.58. The Morgan fingerprint density at radius 3 is 2.42 bits per heavy atom. The summed E-state index contributed by atoms with van der Waals surface area (Å²) < 4.78 is 5.20. The number of amides is 1. The molecule has 0 fully saturated rings. The third kappa shape index (κ3) is 9.13. The van der Waals surface area contributed by atoms with E-state index in [2.05, 4.69) is 18.3 Å². The summed E-state index contributed by atoms with van der Waals surface area (Å²) in [4.78, 5) is 16.8. The van der Waals surface area contributed by atoms with Gasteiger partial charge in [0, 0.05) is 7.05 Å². The van der Waals surface area contributed by atoms with Crippen LogP contribution in [0.2, 0.25) is 0 Å². The van der Waals surface area contributed by atoms with E-state index in [1.807, 2.05) is 32.9 Å². The van der Waals surface area contributed by atoms with E-state index in [4.69, 9.17) is 9.57 Å². The summed E-state index contributed by atoms with van der Waals surface area (Å²) >= 11 is 0. The van der Waals surface area contributed by atoms with Crippen LogP contribution in [-0.2, 0) is 9.57 Å². The molecule has 0 aliphatic rings. The summed E-state index contributed by atoms with van der Waals surface area (Å²) in [7, 11) is 3.25. The number of alkyl carbamates (subject to hydrolysis) is 1. The van der Waals surface area contributed by atoms with Crippen LogP contribution in [0.25, 0.3) is 0 Å². The molecule has 0 aromatic heterocycles. The fraction of sp³-hybridized carbons (Fsp3) is 0.643. The van der Waals surface area contributed by atoms with E-state index in [9.17, 15) is 4.79 Å². The normalized spacial score (nSPS) is 12.6. The van der Waals surface area contributed by atoms with Gasteiger partial charge >= 0.3 is 6.09 Å². The average molecular weight is 270 g/mol. The van der Waals surface area contributed by atoms with Crippen molar-refractivity contribution in [2.24, 2.45) is 0 Å². The molecule has 5 heteroatoms. The van der Waals surface area contributed by atoms with Crippen molar-refractivity contribution in [3.63, 3.8) is 0 Å². The Morgan fingerprint density at radius 2 is 1.95 bits per heavy atom. The maximum atomic E-state index is 11.7. The number of hydrogen-bond acceptors (Lipinski definition) is 4. The van der Waals surface area contributed by atoms with Crippen molar-refractivity contribution in [2.75, 3.05) is 14.2 Å². The van der Waals surface area contributed by atoms with Gasteiger partial charge in [-0.15, -0.1) is 0 Å². The molecule has 110 valence electrons. The number of hydroxylamine groups is 2. The van der Waals surface area contributed by atoms with Gasteiger partial charge in [-0.2, -0.15) is 0 Å². The predicted molar refractivity (Wildman–Crippen MR) is 76.3 cm³/mol. The van der Waals surface area contributed by atoms with E-state index in [1.54, 1.807) is 7.05 Å². The molecular formula is C14H26N2O3. The Bertz CT molecular complexity index is 330. The van der Waals surface area contributed by atoms with E-state index in [0.29, 0.717) is 12.2 Å². The highest BCUT2D eigenvalue weighted by molar-refractivity contribution is 5.69. The zero-order valence-electron chi connectivity index (χ0n) is 12.8. The van der Waals surface area contributed by atoms with Gasteiger partial charge in [-0.1, -0.05) is 19.1 Å². The number of rotatable bonds is 6. The summed E-state index contributed by atoms with van der Waals surface area (Å²) in [5.41, 5.74) is -0.525. The lowest BCUT2D eigenvalue weighted by molar-refractivity contribution is -0.0834. The number of allylic oxidation sites excluding steroid dienone is 3. The van der Waals surface area contributed by atoms with Crippen LogP contribution in [0.15, 0.2) is 24.0 Å². The van der Waals surface area contributed by atoms with Crippen LogP contribution in [0.5, 0.6) is 0 Å². The third-order valence-electron chi connectivity index (χ3n) is 2.09. The second-order valence-corrected chi connectivity index (χ2v) is 5.01. The standard InChI is InChI=1S/C14H26N2O3/c1-7-8-9-10-11-12(16(5)18-6)15-13(17)19-14(2,3)4/h8-9,11H,7,10H2,1-6H3,(H,15,17)/b9-8-,12-11-. The van der Waals surface area contributed by atoms with Gasteiger partial charge in [-0.3, -0.25) is 10.2 Å². The molecule has 0 rings (SSSR count). The molecule has 19 heavy (non-hydrogen) atoms. The molecule has 1 N–H and O–H groups in total. The lowest BCUT2D eigenvalue weighted by Crippen LogP contribution is -2.36. The van der Waals surface area contributed by atoms with Crippen molar-refractivity contribution in [3.8, 4) is 0 Å². The van der Waals surface area contributed by atoms with Crippen LogP contribution in [-0.4, -0.2) is 30.9 Å². The van der Waals surface area contributed by atoms with Gasteiger partial charge in [0.2, 0.25) is 0 Å². The monoisotopic (exact) mass is 270 g/mol. The number of carbonyl (C=O) groups excluding carboxylic acids is 1. The van der Waals surface area contributed by atoms with E-state index in [1.165, 1.54) is 12.2 Å². The van der Waals surface area contributed by atoms with Gasteiger partial charge < -0.3 is 4.74 Å². The smallest absolute Gasteiger partial charge is 0.413 e. The molecule has 0 atom stereocenters. The highest BCUT2D eigenvalue weighted by Crippen LogP contribution is 2.08. The number of nitrogens with one attached hydrogen (secondary N) is 1. The maximum absolute atomic E-state index is 11.7. The van der Waals surface area contributed by atoms with Crippen molar-refractivity contribution in [3.05, 3.63) is 24.0 Å². The van der Waals surface area contributed by atoms with Crippen molar-refractivity contribution in [2.45, 2.75) is 46.1 Å². The number of nitrogens with zero attached hydrogens (tertiary/aromatic N) is 1. The zero-order chi connectivity index (χ0) is 14.9. The highest BCUT2D eigenvalue weighted by Gasteiger charge is 2.17. The molecular weight excluding hydrogens is 244 g/mol. The van der Waals surface area contributed by atoms with E-state index in [0.717, 1.165) is 6.42 Å². The second-order valence-electron chi connectivity index (χ2n) is 5.01. The molecule has 0 aromatic carbocycles. The van der Waals surface area contributed by atoms with Crippen LogP contribution < -0.4 is 5.32 Å². The van der Waals surface area contributed by atoms with Crippen molar-refractivity contribution >= 4 is 6.09 Å². The third-order valence-corrected chi connectivity index (χ3v) is 2.09. The fourth-order valence-corrected chi connectivity index (χ4v) is 1.21. The van der Waals surface area contributed by atoms with E-state index >= 15 is 0 Å². The van der Waals surface area contributed by atoms with Gasteiger partial charge in [0.05, 0.1) is 7.11 Å². The summed E-state index contributed by atoms with van der Waals surface area (Å²) in [6.07, 6.45) is 7.16. The minimum absolute atomic E-state index is 0.498. The van der Waals surface area contributed by atoms with Crippen LogP contribution in [0, 0.1) is 0 Å². The molecule has 0 spiro atoms. The van der Waals surface area contributed by atoms with Gasteiger partial charge in [-0.05, 0) is 39.7 Å². The van der Waals surface area contributed by atoms with Crippen molar-refractivity contribution < 1.29 is 14.4 Å². The molecule has 0 aromatic rings. The first kappa shape index (κ1) is 17.5. The van der Waals surface area contributed by atoms with Gasteiger partial charge in [0.15, 0.2) is 0 Å². The molecule has 0 radical (unpaired) electrons. The summed E-state index contributed by atoms with van der Waals surface area (Å²) in [5.74, 6) is 0.553. The van der Waals surface area contributed by atoms with Crippen molar-refractivity contribution in [1.29, 1.82) is 0 Å². The highest BCUT2D eigenvalue weighted by atomic mass is 16.7. The van der Waals surface area contributed by atoms with E-state index in [-0.39, 0.29) is 0 Å². The summed E-state index contributed by atoms with van der Waals surface area (Å²) in [6.45, 7) is 7.53. The first-order valence-electron chi connectivity index (χ1n) is 6.43. The predicted octanol–water partition coefficient (Wildman–Crippen LogP) is 3.20. The molecule has 5 nitrogen and oxygen atoms in total. The average Bonchev–Trinajstić information content (AvgIpc) is 2.29. The Balaban J connectivity index is 4.60. The Labute approximate surface area is 116 Å². The topological polar surface area (TPSA) is 50.8 Å². The van der Waals surface area contributed by atoms with Gasteiger partial charge in [0.1, 0.15) is 11.4 Å². The van der Waals surface area contributed by atoms with E-state index < -0.39 is 11.7 Å². The molecule has 0 unspecified atom stereocenters. The van der Waals surface area contributed by atoms with Crippen LogP contribution in [0.4, 0.5) is 4.79 Å². The first-order valence-corrected chi connectivity index (χ1v) is 6.43. The van der Waals surface area contributed by atoms with Crippen LogP contribution >= 0.6 is 0 Å². The lowest BCUT2D eigenvalue weighted by atomic mass is 10.2. The number of carbonyl (C=O) groups is 1. The maximum Gasteiger partial charge on any atom is 0.413 e. The van der Waals surface area contributed by atoms with Crippen LogP contribution in [0.3, 0.4) is 0 Å². The molecule has 0 bridgehead atoms. The van der Waals surface area contributed by atoms with Crippen molar-refractivity contribution in [1.82, 2.24) is 10.4 Å². The van der Waals surface area contributed by atoms with Gasteiger partial charge in [0.25, 0.3) is 0 Å². The molecule has 0 saturated carbocycles. The molecule has 0 saturated heterocycles. The number of ether oxygens (including phenoxy) is 1. The minimum Gasteiger partial charge on any atom is -0.444 e. The first-order chi connectivity index (χ1) is 8.80. The molecule has 0 heterocycles. The quantitative estimate of drug-likeness (QED) is 0.595.